The molecule has 1 saturated heterocycles. The van der Waals surface area contributed by atoms with Crippen LogP contribution in [0.15, 0.2) is 78.9 Å². The Morgan fingerprint density at radius 3 is 2.35 bits per heavy atom. The summed E-state index contributed by atoms with van der Waals surface area (Å²) in [7, 11) is 0. The number of halogens is 2. The van der Waals surface area contributed by atoms with Gasteiger partial charge in [-0.25, -0.2) is 8.78 Å². The van der Waals surface area contributed by atoms with Crippen LogP contribution in [0.5, 0.6) is 0 Å². The van der Waals surface area contributed by atoms with Crippen LogP contribution in [0.1, 0.15) is 41.3 Å². The van der Waals surface area contributed by atoms with Gasteiger partial charge in [-0.3, -0.25) is 9.69 Å². The molecule has 4 rings (SSSR count). The van der Waals surface area contributed by atoms with Gasteiger partial charge in [0.25, 0.3) is 5.91 Å². The van der Waals surface area contributed by atoms with E-state index in [-0.39, 0.29) is 29.4 Å². The van der Waals surface area contributed by atoms with Crippen molar-refractivity contribution in [2.75, 3.05) is 26.2 Å². The number of nitrogens with zero attached hydrogens (tertiary/aromatic N) is 2. The van der Waals surface area contributed by atoms with Crippen LogP contribution in [-0.2, 0) is 6.54 Å². The van der Waals surface area contributed by atoms with Crippen LogP contribution in [0.4, 0.5) is 8.78 Å². The predicted molar refractivity (Wildman–Crippen MR) is 131 cm³/mol. The van der Waals surface area contributed by atoms with Crippen LogP contribution in [0, 0.1) is 23.5 Å². The third-order valence-electron chi connectivity index (χ3n) is 6.46. The van der Waals surface area contributed by atoms with Gasteiger partial charge in [-0.2, -0.15) is 0 Å². The molecular formula is C29H32F2N2O. The Bertz CT molecular complexity index is 1080. The maximum absolute atomic E-state index is 14.1. The number of hydrogen-bond donors (Lipinski definition) is 0. The van der Waals surface area contributed by atoms with E-state index in [0.717, 1.165) is 24.2 Å². The topological polar surface area (TPSA) is 23.6 Å². The lowest BCUT2D eigenvalue weighted by Gasteiger charge is -2.30. The molecule has 0 aromatic heterocycles. The molecule has 5 heteroatoms. The molecule has 0 saturated carbocycles. The lowest BCUT2D eigenvalue weighted by Crippen LogP contribution is -2.39. The summed E-state index contributed by atoms with van der Waals surface area (Å²) >= 11 is 0. The average molecular weight is 463 g/mol. The van der Waals surface area contributed by atoms with E-state index in [2.05, 4.69) is 18.7 Å². The molecule has 1 heterocycles. The van der Waals surface area contributed by atoms with Crippen LogP contribution in [0.2, 0.25) is 0 Å². The van der Waals surface area contributed by atoms with E-state index in [9.17, 15) is 13.6 Å². The van der Waals surface area contributed by atoms with E-state index >= 15 is 0 Å². The van der Waals surface area contributed by atoms with Crippen LogP contribution >= 0.6 is 0 Å². The van der Waals surface area contributed by atoms with Crippen molar-refractivity contribution in [3.8, 4) is 0 Å². The summed E-state index contributed by atoms with van der Waals surface area (Å²) in [6.45, 7) is 7.75. The molecule has 1 fully saturated rings. The highest BCUT2D eigenvalue weighted by Gasteiger charge is 2.36. The van der Waals surface area contributed by atoms with Gasteiger partial charge in [-0.15, -0.1) is 0 Å². The van der Waals surface area contributed by atoms with Crippen molar-refractivity contribution in [2.24, 2.45) is 11.8 Å². The molecule has 0 bridgehead atoms. The summed E-state index contributed by atoms with van der Waals surface area (Å²) in [6, 6.07) is 22.8. The zero-order valence-corrected chi connectivity index (χ0v) is 19.8. The van der Waals surface area contributed by atoms with Gasteiger partial charge in [0.05, 0.1) is 0 Å². The molecule has 2 atom stereocenters. The van der Waals surface area contributed by atoms with Crippen molar-refractivity contribution in [2.45, 2.75) is 26.3 Å². The number of carbonyl (C=O) groups excluding carboxylic acids is 1. The van der Waals surface area contributed by atoms with E-state index in [1.165, 1.54) is 18.2 Å². The summed E-state index contributed by atoms with van der Waals surface area (Å²) < 4.78 is 27.5. The first kappa shape index (κ1) is 24.1. The molecule has 34 heavy (non-hydrogen) atoms. The van der Waals surface area contributed by atoms with Crippen LogP contribution in [-0.4, -0.2) is 41.9 Å². The number of rotatable bonds is 8. The van der Waals surface area contributed by atoms with Gasteiger partial charge in [-0.1, -0.05) is 56.3 Å². The van der Waals surface area contributed by atoms with Crippen LogP contribution in [0.25, 0.3) is 0 Å². The molecule has 2 unspecified atom stereocenters. The second-order valence-corrected chi connectivity index (χ2v) is 9.71. The quantitative estimate of drug-likeness (QED) is 0.411. The molecule has 0 spiro atoms. The Morgan fingerprint density at radius 2 is 1.68 bits per heavy atom. The summed E-state index contributed by atoms with van der Waals surface area (Å²) in [5.41, 5.74) is 2.69. The molecule has 0 radical (unpaired) electrons. The first-order valence-electron chi connectivity index (χ1n) is 12.0. The fourth-order valence-electron chi connectivity index (χ4n) is 4.97. The second-order valence-electron chi connectivity index (χ2n) is 9.71. The fraction of sp³-hybridized carbons (Fsp3) is 0.345. The first-order chi connectivity index (χ1) is 16.4. The van der Waals surface area contributed by atoms with Gasteiger partial charge >= 0.3 is 0 Å². The average Bonchev–Trinajstić information content (AvgIpc) is 3.22. The fourth-order valence-corrected chi connectivity index (χ4v) is 4.97. The standard InChI is InChI=1S/C29H32F2N2O/c1-21(2)16-33(29(34)23-7-4-3-5-8-23)19-25-18-32(17-22-11-13-26(30)14-12-22)20-28(25)24-9-6-10-27(31)15-24/h3-15,21,25,28H,16-20H2,1-2H3. The highest BCUT2D eigenvalue weighted by atomic mass is 19.1. The van der Waals surface area contributed by atoms with Gasteiger partial charge in [0.15, 0.2) is 0 Å². The van der Waals surface area contributed by atoms with Gasteiger partial charge < -0.3 is 4.90 Å². The van der Waals surface area contributed by atoms with E-state index in [0.29, 0.717) is 31.1 Å². The summed E-state index contributed by atoms with van der Waals surface area (Å²) in [5.74, 6) is 0.140. The van der Waals surface area contributed by atoms with Gasteiger partial charge in [0.2, 0.25) is 0 Å². The Balaban J connectivity index is 1.58. The maximum atomic E-state index is 14.1. The molecule has 1 amide bonds. The van der Waals surface area contributed by atoms with Crippen LogP contribution in [0.3, 0.4) is 0 Å². The number of benzene rings is 3. The predicted octanol–water partition coefficient (Wildman–Crippen LogP) is 5.98. The van der Waals surface area contributed by atoms with E-state index < -0.39 is 0 Å². The Hall–Kier alpha value is -3.05. The van der Waals surface area contributed by atoms with Crippen molar-refractivity contribution in [3.05, 3.63) is 107 Å². The summed E-state index contributed by atoms with van der Waals surface area (Å²) in [5, 5.41) is 0. The van der Waals surface area contributed by atoms with Crippen LogP contribution < -0.4 is 0 Å². The number of hydrogen-bond acceptors (Lipinski definition) is 2. The minimum atomic E-state index is -0.246. The molecule has 3 aromatic rings. The Labute approximate surface area is 201 Å². The van der Waals surface area contributed by atoms with Crippen molar-refractivity contribution < 1.29 is 13.6 Å². The molecule has 3 aromatic carbocycles. The molecule has 3 nitrogen and oxygen atoms in total. The van der Waals surface area contributed by atoms with Crippen molar-refractivity contribution >= 4 is 5.91 Å². The second kappa shape index (κ2) is 10.9. The van der Waals surface area contributed by atoms with E-state index in [1.807, 2.05) is 53.4 Å². The van der Waals surface area contributed by atoms with Crippen molar-refractivity contribution in [3.63, 3.8) is 0 Å². The molecular weight excluding hydrogens is 430 g/mol. The van der Waals surface area contributed by atoms with E-state index in [4.69, 9.17) is 0 Å². The van der Waals surface area contributed by atoms with Gasteiger partial charge in [0.1, 0.15) is 11.6 Å². The zero-order valence-electron chi connectivity index (χ0n) is 19.8. The molecule has 178 valence electrons. The molecule has 0 N–H and O–H groups in total. The highest BCUT2D eigenvalue weighted by Crippen LogP contribution is 2.35. The normalized spacial score (nSPS) is 18.4. The molecule has 1 aliphatic heterocycles. The Morgan fingerprint density at radius 1 is 0.941 bits per heavy atom. The smallest absolute Gasteiger partial charge is 0.253 e. The summed E-state index contributed by atoms with van der Waals surface area (Å²) in [6.07, 6.45) is 0. The lowest BCUT2D eigenvalue weighted by atomic mass is 9.88. The SMILES string of the molecule is CC(C)CN(CC1CN(Cc2ccc(F)cc2)CC1c1cccc(F)c1)C(=O)c1ccccc1. The third kappa shape index (κ3) is 6.09. The summed E-state index contributed by atoms with van der Waals surface area (Å²) in [4.78, 5) is 17.7. The minimum absolute atomic E-state index is 0.0317. The van der Waals surface area contributed by atoms with E-state index in [1.54, 1.807) is 12.1 Å². The Kier molecular flexibility index (Phi) is 7.73. The third-order valence-corrected chi connectivity index (χ3v) is 6.46. The zero-order chi connectivity index (χ0) is 24.1. The monoisotopic (exact) mass is 462 g/mol. The van der Waals surface area contributed by atoms with Crippen molar-refractivity contribution in [1.82, 2.24) is 9.80 Å². The van der Waals surface area contributed by atoms with Gasteiger partial charge in [-0.05, 0) is 59.4 Å². The molecule has 0 aliphatic carbocycles. The number of amides is 1. The number of likely N-dealkylation sites (tertiary alicyclic amines) is 1. The largest absolute Gasteiger partial charge is 0.338 e. The first-order valence-corrected chi connectivity index (χ1v) is 12.0. The lowest BCUT2D eigenvalue weighted by molar-refractivity contribution is 0.0703. The van der Waals surface area contributed by atoms with Gasteiger partial charge in [0, 0.05) is 44.2 Å². The molecule has 1 aliphatic rings. The highest BCUT2D eigenvalue weighted by molar-refractivity contribution is 5.94. The number of carbonyl (C=O) groups is 1. The minimum Gasteiger partial charge on any atom is -0.338 e. The van der Waals surface area contributed by atoms with Crippen molar-refractivity contribution in [1.29, 1.82) is 0 Å². The maximum Gasteiger partial charge on any atom is 0.253 e.